The minimum Gasteiger partial charge on any atom is -0.372 e. The summed E-state index contributed by atoms with van der Waals surface area (Å²) in [5.41, 5.74) is 0. The first-order valence-corrected chi connectivity index (χ1v) is 10.8. The predicted molar refractivity (Wildman–Crippen MR) is 108 cm³/mol. The summed E-state index contributed by atoms with van der Waals surface area (Å²) < 4.78 is 5.73. The first-order valence-electron chi connectivity index (χ1n) is 9.88. The van der Waals surface area contributed by atoms with Crippen LogP contribution in [0, 0.1) is 5.92 Å². The van der Waals surface area contributed by atoms with Crippen molar-refractivity contribution in [3.63, 3.8) is 0 Å². The van der Waals surface area contributed by atoms with Crippen LogP contribution in [0.1, 0.15) is 33.6 Å². The number of rotatable bonds is 4. The highest BCUT2D eigenvalue weighted by atomic mass is 32.2. The van der Waals surface area contributed by atoms with Crippen molar-refractivity contribution in [3.05, 3.63) is 30.3 Å². The van der Waals surface area contributed by atoms with Gasteiger partial charge >= 0.3 is 0 Å². The molecule has 3 rings (SSSR count). The summed E-state index contributed by atoms with van der Waals surface area (Å²) in [4.78, 5) is 30.6. The Hall–Kier alpha value is -1.53. The van der Waals surface area contributed by atoms with Crippen LogP contribution in [0.3, 0.4) is 0 Å². The first-order chi connectivity index (χ1) is 12.9. The van der Waals surface area contributed by atoms with Crippen LogP contribution >= 0.6 is 11.8 Å². The number of carbonyl (C=O) groups is 2. The number of hydrogen-bond acceptors (Lipinski definition) is 4. The summed E-state index contributed by atoms with van der Waals surface area (Å²) in [6, 6.07) is 10.0. The minimum atomic E-state index is -0.111. The van der Waals surface area contributed by atoms with Crippen molar-refractivity contribution in [3.8, 4) is 0 Å². The second kappa shape index (κ2) is 9.11. The SMILES string of the molecule is CC1CN(C(=O)C2CCN(C(=O)C(C)Sc3ccccc3)CC2)CC(C)O1. The van der Waals surface area contributed by atoms with Crippen LogP contribution in [0.5, 0.6) is 0 Å². The number of carbonyl (C=O) groups excluding carboxylic acids is 2. The van der Waals surface area contributed by atoms with Crippen LogP contribution in [-0.4, -0.2) is 65.3 Å². The first kappa shape index (κ1) is 20.2. The predicted octanol–water partition coefficient (Wildman–Crippen LogP) is 3.04. The summed E-state index contributed by atoms with van der Waals surface area (Å²) in [7, 11) is 0. The van der Waals surface area contributed by atoms with E-state index in [1.54, 1.807) is 11.8 Å². The summed E-state index contributed by atoms with van der Waals surface area (Å²) >= 11 is 1.60. The Morgan fingerprint density at radius 1 is 1.04 bits per heavy atom. The molecule has 2 amide bonds. The van der Waals surface area contributed by atoms with Gasteiger partial charge in [0, 0.05) is 37.0 Å². The molecule has 1 aromatic carbocycles. The normalized spacial score (nSPS) is 25.3. The highest BCUT2D eigenvalue weighted by molar-refractivity contribution is 8.00. The standard InChI is InChI=1S/C21H30N2O3S/c1-15-13-23(14-16(2)26-15)21(25)18-9-11-22(12-10-18)20(24)17(3)27-19-7-5-4-6-8-19/h4-8,15-18H,9-14H2,1-3H3. The van der Waals surface area contributed by atoms with E-state index in [0.717, 1.165) is 17.7 Å². The molecular formula is C21H30N2O3S. The van der Waals surface area contributed by atoms with Gasteiger partial charge in [-0.1, -0.05) is 18.2 Å². The molecule has 0 bridgehead atoms. The van der Waals surface area contributed by atoms with E-state index in [0.29, 0.717) is 26.2 Å². The number of benzene rings is 1. The van der Waals surface area contributed by atoms with Gasteiger partial charge in [-0.2, -0.15) is 0 Å². The molecule has 2 aliphatic rings. The fraction of sp³-hybridized carbons (Fsp3) is 0.619. The Kier molecular flexibility index (Phi) is 6.82. The fourth-order valence-electron chi connectivity index (χ4n) is 3.97. The zero-order valence-electron chi connectivity index (χ0n) is 16.5. The molecule has 3 unspecified atom stereocenters. The number of morpholine rings is 1. The molecule has 27 heavy (non-hydrogen) atoms. The van der Waals surface area contributed by atoms with E-state index in [9.17, 15) is 9.59 Å². The summed E-state index contributed by atoms with van der Waals surface area (Å²) in [6.07, 6.45) is 1.70. The lowest BCUT2D eigenvalue weighted by molar-refractivity contribution is -0.150. The molecule has 0 aliphatic carbocycles. The Bertz CT molecular complexity index is 636. The summed E-state index contributed by atoms with van der Waals surface area (Å²) in [5.74, 6) is 0.433. The topological polar surface area (TPSA) is 49.9 Å². The average molecular weight is 391 g/mol. The molecule has 0 aromatic heterocycles. The lowest BCUT2D eigenvalue weighted by Gasteiger charge is -2.39. The van der Waals surface area contributed by atoms with Crippen LogP contribution < -0.4 is 0 Å². The average Bonchev–Trinajstić information content (AvgIpc) is 2.67. The van der Waals surface area contributed by atoms with Gasteiger partial charge in [-0.15, -0.1) is 11.8 Å². The van der Waals surface area contributed by atoms with Gasteiger partial charge in [0.25, 0.3) is 0 Å². The molecule has 1 aromatic rings. The van der Waals surface area contributed by atoms with E-state index >= 15 is 0 Å². The van der Waals surface area contributed by atoms with Gasteiger partial charge in [-0.3, -0.25) is 9.59 Å². The fourth-order valence-corrected chi connectivity index (χ4v) is 4.95. The van der Waals surface area contributed by atoms with E-state index in [4.69, 9.17) is 4.74 Å². The third-order valence-corrected chi connectivity index (χ3v) is 6.39. The molecule has 148 valence electrons. The van der Waals surface area contributed by atoms with Gasteiger partial charge < -0.3 is 14.5 Å². The second-order valence-corrected chi connectivity index (χ2v) is 9.09. The number of nitrogens with zero attached hydrogens (tertiary/aromatic N) is 2. The Morgan fingerprint density at radius 3 is 2.22 bits per heavy atom. The van der Waals surface area contributed by atoms with Gasteiger partial charge in [0.1, 0.15) is 0 Å². The van der Waals surface area contributed by atoms with E-state index < -0.39 is 0 Å². The Balaban J connectivity index is 1.49. The van der Waals surface area contributed by atoms with Crippen molar-refractivity contribution in [1.82, 2.24) is 9.80 Å². The lowest BCUT2D eigenvalue weighted by atomic mass is 9.94. The molecule has 0 saturated carbocycles. The highest BCUT2D eigenvalue weighted by Crippen LogP contribution is 2.27. The third kappa shape index (κ3) is 5.26. The van der Waals surface area contributed by atoms with Crippen LogP contribution in [0.25, 0.3) is 0 Å². The zero-order valence-corrected chi connectivity index (χ0v) is 17.3. The molecular weight excluding hydrogens is 360 g/mol. The summed E-state index contributed by atoms with van der Waals surface area (Å²) in [6.45, 7) is 8.69. The molecule has 2 aliphatic heterocycles. The van der Waals surface area contributed by atoms with Gasteiger partial charge in [0.2, 0.25) is 11.8 Å². The molecule has 0 radical (unpaired) electrons. The van der Waals surface area contributed by atoms with E-state index in [1.807, 2.05) is 60.9 Å². The second-order valence-electron chi connectivity index (χ2n) is 7.67. The van der Waals surface area contributed by atoms with Crippen molar-refractivity contribution >= 4 is 23.6 Å². The maximum atomic E-state index is 12.9. The molecule has 6 heteroatoms. The number of hydrogen-bond donors (Lipinski definition) is 0. The lowest BCUT2D eigenvalue weighted by Crippen LogP contribution is -2.52. The van der Waals surface area contributed by atoms with Crippen molar-refractivity contribution in [2.24, 2.45) is 5.92 Å². The van der Waals surface area contributed by atoms with Crippen LogP contribution in [0.15, 0.2) is 35.2 Å². The molecule has 2 fully saturated rings. The number of likely N-dealkylation sites (tertiary alicyclic amines) is 1. The number of ether oxygens (including phenoxy) is 1. The molecule has 2 heterocycles. The van der Waals surface area contributed by atoms with Crippen molar-refractivity contribution in [2.45, 2.75) is 56.0 Å². The monoisotopic (exact) mass is 390 g/mol. The van der Waals surface area contributed by atoms with Crippen LogP contribution in [0.2, 0.25) is 0 Å². The highest BCUT2D eigenvalue weighted by Gasteiger charge is 2.34. The van der Waals surface area contributed by atoms with Crippen molar-refractivity contribution in [1.29, 1.82) is 0 Å². The Morgan fingerprint density at radius 2 is 1.63 bits per heavy atom. The molecule has 5 nitrogen and oxygen atoms in total. The maximum absolute atomic E-state index is 12.9. The van der Waals surface area contributed by atoms with Gasteiger partial charge in [0.05, 0.1) is 17.5 Å². The molecule has 2 saturated heterocycles. The van der Waals surface area contributed by atoms with Crippen molar-refractivity contribution < 1.29 is 14.3 Å². The van der Waals surface area contributed by atoms with E-state index in [2.05, 4.69) is 0 Å². The third-order valence-electron chi connectivity index (χ3n) is 5.29. The smallest absolute Gasteiger partial charge is 0.235 e. The summed E-state index contributed by atoms with van der Waals surface area (Å²) in [5, 5.41) is -0.111. The molecule has 0 spiro atoms. The van der Waals surface area contributed by atoms with Gasteiger partial charge in [-0.25, -0.2) is 0 Å². The van der Waals surface area contributed by atoms with Gasteiger partial charge in [0.15, 0.2) is 0 Å². The number of amides is 2. The largest absolute Gasteiger partial charge is 0.372 e. The molecule has 0 N–H and O–H groups in total. The minimum absolute atomic E-state index is 0.0311. The van der Waals surface area contributed by atoms with Crippen molar-refractivity contribution in [2.75, 3.05) is 26.2 Å². The Labute approximate surface area is 166 Å². The number of thioether (sulfide) groups is 1. The number of piperidine rings is 1. The van der Waals surface area contributed by atoms with Crippen LogP contribution in [0.4, 0.5) is 0 Å². The zero-order chi connectivity index (χ0) is 19.4. The van der Waals surface area contributed by atoms with E-state index in [1.165, 1.54) is 0 Å². The quantitative estimate of drug-likeness (QED) is 0.742. The van der Waals surface area contributed by atoms with Gasteiger partial charge in [-0.05, 0) is 45.7 Å². The molecule has 3 atom stereocenters. The van der Waals surface area contributed by atoms with Crippen LogP contribution in [-0.2, 0) is 14.3 Å². The van der Waals surface area contributed by atoms with E-state index in [-0.39, 0.29) is 35.2 Å². The maximum Gasteiger partial charge on any atom is 0.235 e.